The van der Waals surface area contributed by atoms with Crippen LogP contribution in [-0.4, -0.2) is 49.0 Å². The molecule has 0 aliphatic carbocycles. The monoisotopic (exact) mass is 469 g/mol. The smallest absolute Gasteiger partial charge is 0.255 e. The van der Waals surface area contributed by atoms with Gasteiger partial charge >= 0.3 is 0 Å². The number of amides is 2. The van der Waals surface area contributed by atoms with Gasteiger partial charge in [0, 0.05) is 34.8 Å². The van der Waals surface area contributed by atoms with Gasteiger partial charge in [-0.25, -0.2) is 0 Å². The highest BCUT2D eigenvalue weighted by atomic mass is 16.5. The summed E-state index contributed by atoms with van der Waals surface area (Å²) in [7, 11) is 3.19. The summed E-state index contributed by atoms with van der Waals surface area (Å²) in [4.78, 5) is 31.2. The Balaban J connectivity index is 1.32. The first-order valence-corrected chi connectivity index (χ1v) is 11.5. The lowest BCUT2D eigenvalue weighted by molar-refractivity contribution is -0.122. The summed E-state index contributed by atoms with van der Waals surface area (Å²) in [5.41, 5.74) is 4.56. The zero-order valence-corrected chi connectivity index (χ0v) is 19.7. The summed E-state index contributed by atoms with van der Waals surface area (Å²) in [6.45, 7) is 0.421. The molecule has 0 radical (unpaired) electrons. The van der Waals surface area contributed by atoms with Gasteiger partial charge in [0.1, 0.15) is 6.54 Å². The Labute approximate surface area is 203 Å². The highest BCUT2D eigenvalue weighted by Gasteiger charge is 2.39. The van der Waals surface area contributed by atoms with Gasteiger partial charge in [0.2, 0.25) is 5.91 Å². The Kier molecular flexibility index (Phi) is 6.14. The fourth-order valence-electron chi connectivity index (χ4n) is 4.78. The minimum Gasteiger partial charge on any atom is -0.493 e. The van der Waals surface area contributed by atoms with E-state index in [0.717, 1.165) is 27.6 Å². The number of benzene rings is 3. The molecule has 178 valence electrons. The molecule has 0 spiro atoms. The highest BCUT2D eigenvalue weighted by molar-refractivity contribution is 6.02. The molecule has 2 N–H and O–H groups in total. The summed E-state index contributed by atoms with van der Waals surface area (Å²) in [5.74, 6) is 0.983. The zero-order valence-electron chi connectivity index (χ0n) is 19.7. The molecule has 1 aliphatic rings. The number of aromatic amines is 1. The van der Waals surface area contributed by atoms with Crippen molar-refractivity contribution in [1.82, 2.24) is 15.2 Å². The predicted octanol–water partition coefficient (Wildman–Crippen LogP) is 4.09. The third-order valence-electron chi connectivity index (χ3n) is 6.47. The number of hydrogen-bond acceptors (Lipinski definition) is 4. The lowest BCUT2D eigenvalue weighted by Crippen LogP contribution is -2.40. The molecule has 3 aromatic carbocycles. The Morgan fingerprint density at radius 1 is 0.971 bits per heavy atom. The van der Waals surface area contributed by atoms with Crippen LogP contribution in [0.5, 0.6) is 11.5 Å². The van der Waals surface area contributed by atoms with Gasteiger partial charge in [0.05, 0.1) is 20.3 Å². The Bertz CT molecular complexity index is 1390. The predicted molar refractivity (Wildman–Crippen MR) is 134 cm³/mol. The number of carbonyl (C=O) groups excluding carboxylic acids is 2. The first-order chi connectivity index (χ1) is 17.1. The van der Waals surface area contributed by atoms with Crippen LogP contribution in [0.4, 0.5) is 0 Å². The van der Waals surface area contributed by atoms with Gasteiger partial charge in [-0.2, -0.15) is 0 Å². The first-order valence-electron chi connectivity index (χ1n) is 11.5. The van der Waals surface area contributed by atoms with Crippen LogP contribution < -0.4 is 14.8 Å². The molecule has 1 aromatic heterocycles. The molecule has 7 nitrogen and oxygen atoms in total. The van der Waals surface area contributed by atoms with Crippen LogP contribution >= 0.6 is 0 Å². The van der Waals surface area contributed by atoms with E-state index in [9.17, 15) is 9.59 Å². The Hall–Kier alpha value is -4.26. The molecule has 1 atom stereocenters. The minimum atomic E-state index is -0.327. The fraction of sp³-hybridized carbons (Fsp3) is 0.214. The maximum atomic E-state index is 13.3. The molecule has 0 unspecified atom stereocenters. The SMILES string of the molecule is COc1ccc(CCNC(=O)CN2C(=O)c3ccccc3[C@@H]2c2c[nH]c3ccccc23)cc1OC. The molecule has 0 fully saturated rings. The summed E-state index contributed by atoms with van der Waals surface area (Å²) in [5, 5.41) is 4.00. The second kappa shape index (κ2) is 9.54. The van der Waals surface area contributed by atoms with Crippen molar-refractivity contribution in [3.63, 3.8) is 0 Å². The fourth-order valence-corrected chi connectivity index (χ4v) is 4.78. The van der Waals surface area contributed by atoms with Gasteiger partial charge in [-0.1, -0.05) is 42.5 Å². The Morgan fingerprint density at radius 3 is 2.57 bits per heavy atom. The summed E-state index contributed by atoms with van der Waals surface area (Å²) >= 11 is 0. The molecular formula is C28H27N3O4. The van der Waals surface area contributed by atoms with Crippen molar-refractivity contribution in [3.8, 4) is 11.5 Å². The number of aromatic nitrogens is 1. The normalized spacial score (nSPS) is 14.7. The molecule has 5 rings (SSSR count). The number of rotatable bonds is 8. The van der Waals surface area contributed by atoms with E-state index in [-0.39, 0.29) is 24.4 Å². The van der Waals surface area contributed by atoms with E-state index in [2.05, 4.69) is 10.3 Å². The third kappa shape index (κ3) is 4.21. The molecule has 7 heteroatoms. The van der Waals surface area contributed by atoms with Crippen LogP contribution in [0.15, 0.2) is 72.9 Å². The van der Waals surface area contributed by atoms with Crippen LogP contribution in [0, 0.1) is 0 Å². The van der Waals surface area contributed by atoms with Gasteiger partial charge in [-0.15, -0.1) is 0 Å². The summed E-state index contributed by atoms with van der Waals surface area (Å²) < 4.78 is 10.6. The second-order valence-corrected chi connectivity index (χ2v) is 8.50. The number of fused-ring (bicyclic) bond motifs is 2. The molecular weight excluding hydrogens is 442 g/mol. The highest BCUT2D eigenvalue weighted by Crippen LogP contribution is 2.40. The maximum Gasteiger partial charge on any atom is 0.255 e. The van der Waals surface area contributed by atoms with Crippen molar-refractivity contribution in [2.75, 3.05) is 27.3 Å². The number of hydrogen-bond donors (Lipinski definition) is 2. The zero-order chi connectivity index (χ0) is 24.4. The van der Waals surface area contributed by atoms with Gasteiger partial charge in [0.15, 0.2) is 11.5 Å². The number of methoxy groups -OCH3 is 2. The van der Waals surface area contributed by atoms with Gasteiger partial charge in [-0.05, 0) is 41.8 Å². The van der Waals surface area contributed by atoms with Crippen LogP contribution in [0.25, 0.3) is 10.9 Å². The molecule has 35 heavy (non-hydrogen) atoms. The lowest BCUT2D eigenvalue weighted by atomic mass is 9.97. The number of para-hydroxylation sites is 1. The van der Waals surface area contributed by atoms with E-state index < -0.39 is 0 Å². The largest absolute Gasteiger partial charge is 0.493 e. The van der Waals surface area contributed by atoms with Gasteiger partial charge in [-0.3, -0.25) is 9.59 Å². The number of nitrogens with zero attached hydrogens (tertiary/aromatic N) is 1. The summed E-state index contributed by atoms with van der Waals surface area (Å²) in [6.07, 6.45) is 2.57. The average Bonchev–Trinajstić information content (AvgIpc) is 3.42. The van der Waals surface area contributed by atoms with E-state index in [1.165, 1.54) is 0 Å². The maximum absolute atomic E-state index is 13.3. The van der Waals surface area contributed by atoms with Crippen molar-refractivity contribution in [3.05, 3.63) is 95.2 Å². The second-order valence-electron chi connectivity index (χ2n) is 8.50. The Morgan fingerprint density at radius 2 is 1.74 bits per heavy atom. The van der Waals surface area contributed by atoms with E-state index in [1.54, 1.807) is 19.1 Å². The van der Waals surface area contributed by atoms with Crippen molar-refractivity contribution >= 4 is 22.7 Å². The van der Waals surface area contributed by atoms with E-state index in [4.69, 9.17) is 9.47 Å². The molecule has 4 aromatic rings. The van der Waals surface area contributed by atoms with E-state index in [0.29, 0.717) is 30.0 Å². The van der Waals surface area contributed by atoms with Crippen LogP contribution in [0.2, 0.25) is 0 Å². The van der Waals surface area contributed by atoms with Crippen LogP contribution in [0.1, 0.15) is 33.1 Å². The molecule has 0 saturated carbocycles. The quantitative estimate of drug-likeness (QED) is 0.407. The van der Waals surface area contributed by atoms with Gasteiger partial charge in [0.25, 0.3) is 5.91 Å². The number of ether oxygens (including phenoxy) is 2. The molecule has 2 amide bonds. The van der Waals surface area contributed by atoms with Gasteiger partial charge < -0.3 is 24.7 Å². The van der Waals surface area contributed by atoms with E-state index >= 15 is 0 Å². The number of H-pyrrole nitrogens is 1. The topological polar surface area (TPSA) is 83.7 Å². The van der Waals surface area contributed by atoms with Crippen molar-refractivity contribution < 1.29 is 19.1 Å². The van der Waals surface area contributed by atoms with Crippen molar-refractivity contribution in [2.24, 2.45) is 0 Å². The third-order valence-corrected chi connectivity index (χ3v) is 6.47. The van der Waals surface area contributed by atoms with Crippen molar-refractivity contribution in [2.45, 2.75) is 12.5 Å². The molecule has 1 aliphatic heterocycles. The lowest BCUT2D eigenvalue weighted by Gasteiger charge is -2.25. The first kappa shape index (κ1) is 22.5. The van der Waals surface area contributed by atoms with Crippen LogP contribution in [0.3, 0.4) is 0 Å². The standard InChI is InChI=1S/C28H27N3O4/c1-34-24-12-11-18(15-25(24)35-2)13-14-29-26(32)17-31-27(20-8-3-4-9-21(20)28(31)33)22-16-30-23-10-6-5-7-19(22)23/h3-12,15-16,27,30H,13-14,17H2,1-2H3,(H,29,32)/t27-/m1/s1. The van der Waals surface area contributed by atoms with Crippen molar-refractivity contribution in [1.29, 1.82) is 0 Å². The minimum absolute atomic E-state index is 0.0242. The molecule has 0 saturated heterocycles. The number of nitrogens with one attached hydrogen (secondary N) is 2. The van der Waals surface area contributed by atoms with E-state index in [1.807, 2.05) is 72.9 Å². The van der Waals surface area contributed by atoms with Crippen LogP contribution in [-0.2, 0) is 11.2 Å². The molecule has 2 heterocycles. The average molecular weight is 470 g/mol. The summed E-state index contributed by atoms with van der Waals surface area (Å²) in [6, 6.07) is 20.9. The molecule has 0 bridgehead atoms. The number of carbonyl (C=O) groups is 2.